The van der Waals surface area contributed by atoms with Crippen molar-refractivity contribution in [3.8, 4) is 0 Å². The van der Waals surface area contributed by atoms with E-state index >= 15 is 0 Å². The lowest BCUT2D eigenvalue weighted by atomic mass is 9.85. The highest BCUT2D eigenvalue weighted by Gasteiger charge is 2.24. The fourth-order valence-corrected chi connectivity index (χ4v) is 1.81. The second-order valence-corrected chi connectivity index (χ2v) is 5.74. The number of nitrogens with zero attached hydrogens (tertiary/aromatic N) is 2. The van der Waals surface area contributed by atoms with Crippen molar-refractivity contribution in [1.29, 1.82) is 0 Å². The smallest absolute Gasteiger partial charge is 0.271 e. The van der Waals surface area contributed by atoms with Gasteiger partial charge in [-0.3, -0.25) is 4.79 Å². The van der Waals surface area contributed by atoms with Gasteiger partial charge < -0.3 is 15.7 Å². The van der Waals surface area contributed by atoms with Gasteiger partial charge in [0.15, 0.2) is 5.69 Å². The van der Waals surface area contributed by atoms with Gasteiger partial charge in [0.25, 0.3) is 5.91 Å². The average molecular weight is 280 g/mol. The van der Waals surface area contributed by atoms with Crippen LogP contribution in [0.2, 0.25) is 0 Å². The molecule has 0 aliphatic carbocycles. The van der Waals surface area contributed by atoms with E-state index in [0.29, 0.717) is 24.5 Å². The second-order valence-electron chi connectivity index (χ2n) is 5.74. The number of nitrogens with one attached hydrogen (secondary N) is 2. The minimum absolute atomic E-state index is 0.0112. The summed E-state index contributed by atoms with van der Waals surface area (Å²) in [5.41, 5.74) is 0.287. The molecule has 0 radical (unpaired) electrons. The Morgan fingerprint density at radius 3 is 2.50 bits per heavy atom. The van der Waals surface area contributed by atoms with E-state index in [1.165, 1.54) is 0 Å². The number of anilines is 1. The molecule has 1 heterocycles. The molecule has 0 saturated carbocycles. The standard InChI is InChI=1S/C14H24N4O2/c1-5-15-13(20)10-6-7-12(18-17-10)16-11(8-9-19)14(2,3)4/h6-7,11,19H,5,8-9H2,1-4H3,(H,15,20)(H,16,18). The third-order valence-corrected chi connectivity index (χ3v) is 3.02. The third kappa shape index (κ3) is 4.77. The summed E-state index contributed by atoms with van der Waals surface area (Å²) in [7, 11) is 0. The molecule has 1 amide bonds. The molecular weight excluding hydrogens is 256 g/mol. The highest BCUT2D eigenvalue weighted by Crippen LogP contribution is 2.24. The average Bonchev–Trinajstić information content (AvgIpc) is 2.38. The summed E-state index contributed by atoms with van der Waals surface area (Å²) in [6, 6.07) is 3.45. The van der Waals surface area contributed by atoms with E-state index < -0.39 is 0 Å². The van der Waals surface area contributed by atoms with Crippen LogP contribution in [0.15, 0.2) is 12.1 Å². The summed E-state index contributed by atoms with van der Waals surface area (Å²) in [5.74, 6) is 0.376. The normalized spacial score (nSPS) is 12.8. The molecule has 20 heavy (non-hydrogen) atoms. The van der Waals surface area contributed by atoms with Crippen molar-refractivity contribution < 1.29 is 9.90 Å². The van der Waals surface area contributed by atoms with E-state index in [9.17, 15) is 4.79 Å². The van der Waals surface area contributed by atoms with Crippen LogP contribution in [0.1, 0.15) is 44.6 Å². The zero-order valence-electron chi connectivity index (χ0n) is 12.6. The van der Waals surface area contributed by atoms with Crippen LogP contribution in [0.4, 0.5) is 5.82 Å². The van der Waals surface area contributed by atoms with Gasteiger partial charge in [0, 0.05) is 19.2 Å². The molecule has 1 atom stereocenters. The van der Waals surface area contributed by atoms with Crippen LogP contribution in [0.5, 0.6) is 0 Å². The quantitative estimate of drug-likeness (QED) is 0.734. The predicted molar refractivity (Wildman–Crippen MR) is 78.6 cm³/mol. The van der Waals surface area contributed by atoms with Crippen LogP contribution in [0.3, 0.4) is 0 Å². The molecule has 0 aromatic carbocycles. The molecule has 3 N–H and O–H groups in total. The molecule has 0 spiro atoms. The van der Waals surface area contributed by atoms with Gasteiger partial charge in [0.2, 0.25) is 0 Å². The molecule has 0 saturated heterocycles. The van der Waals surface area contributed by atoms with Crippen molar-refractivity contribution in [3.05, 3.63) is 17.8 Å². The number of hydrogen-bond acceptors (Lipinski definition) is 5. The van der Waals surface area contributed by atoms with E-state index in [4.69, 9.17) is 5.11 Å². The van der Waals surface area contributed by atoms with Crippen molar-refractivity contribution in [3.63, 3.8) is 0 Å². The van der Waals surface area contributed by atoms with Gasteiger partial charge in [-0.2, -0.15) is 0 Å². The topological polar surface area (TPSA) is 87.1 Å². The van der Waals surface area contributed by atoms with E-state index in [1.807, 2.05) is 6.92 Å². The van der Waals surface area contributed by atoms with Gasteiger partial charge in [-0.05, 0) is 30.9 Å². The van der Waals surface area contributed by atoms with E-state index in [2.05, 4.69) is 41.6 Å². The first kappa shape index (κ1) is 16.4. The van der Waals surface area contributed by atoms with Crippen LogP contribution >= 0.6 is 0 Å². The molecule has 0 fully saturated rings. The van der Waals surface area contributed by atoms with Gasteiger partial charge in [-0.15, -0.1) is 10.2 Å². The first-order valence-corrected chi connectivity index (χ1v) is 6.87. The maximum absolute atomic E-state index is 11.6. The lowest BCUT2D eigenvalue weighted by Gasteiger charge is -2.31. The number of aliphatic hydroxyl groups excluding tert-OH is 1. The molecule has 1 unspecified atom stereocenters. The minimum atomic E-state index is -0.228. The SMILES string of the molecule is CCNC(=O)c1ccc(NC(CCO)C(C)(C)C)nn1. The lowest BCUT2D eigenvalue weighted by Crippen LogP contribution is -2.35. The fraction of sp³-hybridized carbons (Fsp3) is 0.643. The Morgan fingerprint density at radius 2 is 2.05 bits per heavy atom. The maximum atomic E-state index is 11.6. The molecule has 1 rings (SSSR count). The van der Waals surface area contributed by atoms with Crippen LogP contribution in [-0.4, -0.2) is 40.4 Å². The summed E-state index contributed by atoms with van der Waals surface area (Å²) in [6.45, 7) is 8.80. The first-order valence-electron chi connectivity index (χ1n) is 6.87. The number of rotatable bonds is 6. The number of aliphatic hydroxyl groups is 1. The van der Waals surface area contributed by atoms with E-state index in [-0.39, 0.29) is 24.0 Å². The zero-order valence-corrected chi connectivity index (χ0v) is 12.6. The Hall–Kier alpha value is -1.69. The van der Waals surface area contributed by atoms with Crippen LogP contribution in [0.25, 0.3) is 0 Å². The number of carbonyl (C=O) groups excluding carboxylic acids is 1. The molecular formula is C14H24N4O2. The molecule has 1 aromatic heterocycles. The van der Waals surface area contributed by atoms with Crippen molar-refractivity contribution in [2.45, 2.75) is 40.2 Å². The van der Waals surface area contributed by atoms with Crippen molar-refractivity contribution in [2.24, 2.45) is 5.41 Å². The van der Waals surface area contributed by atoms with Crippen LogP contribution in [-0.2, 0) is 0 Å². The van der Waals surface area contributed by atoms with Gasteiger partial charge in [-0.25, -0.2) is 0 Å². The molecule has 112 valence electrons. The monoisotopic (exact) mass is 280 g/mol. The highest BCUT2D eigenvalue weighted by molar-refractivity contribution is 5.92. The molecule has 0 aliphatic heterocycles. The third-order valence-electron chi connectivity index (χ3n) is 3.02. The summed E-state index contributed by atoms with van der Waals surface area (Å²) in [6.07, 6.45) is 0.628. The highest BCUT2D eigenvalue weighted by atomic mass is 16.3. The molecule has 6 heteroatoms. The number of aromatic nitrogens is 2. The fourth-order valence-electron chi connectivity index (χ4n) is 1.81. The molecule has 1 aromatic rings. The van der Waals surface area contributed by atoms with Crippen molar-refractivity contribution >= 4 is 11.7 Å². The Morgan fingerprint density at radius 1 is 1.35 bits per heavy atom. The Balaban J connectivity index is 2.75. The van der Waals surface area contributed by atoms with E-state index in [0.717, 1.165) is 0 Å². The lowest BCUT2D eigenvalue weighted by molar-refractivity contribution is 0.0950. The number of hydrogen-bond donors (Lipinski definition) is 3. The van der Waals surface area contributed by atoms with E-state index in [1.54, 1.807) is 12.1 Å². The Kier molecular flexibility index (Phi) is 5.88. The molecule has 0 aliphatic rings. The number of carbonyl (C=O) groups is 1. The summed E-state index contributed by atoms with van der Waals surface area (Å²) in [5, 5.41) is 23.0. The van der Waals surface area contributed by atoms with Crippen molar-refractivity contribution in [2.75, 3.05) is 18.5 Å². The summed E-state index contributed by atoms with van der Waals surface area (Å²) >= 11 is 0. The second kappa shape index (κ2) is 7.19. The van der Waals surface area contributed by atoms with Crippen LogP contribution in [0, 0.1) is 5.41 Å². The predicted octanol–water partition coefficient (Wildman–Crippen LogP) is 1.44. The largest absolute Gasteiger partial charge is 0.396 e. The zero-order chi connectivity index (χ0) is 15.2. The van der Waals surface area contributed by atoms with Gasteiger partial charge in [-0.1, -0.05) is 20.8 Å². The maximum Gasteiger partial charge on any atom is 0.271 e. The molecule has 0 bridgehead atoms. The summed E-state index contributed by atoms with van der Waals surface area (Å²) < 4.78 is 0. The Labute approximate surface area is 120 Å². The van der Waals surface area contributed by atoms with Gasteiger partial charge >= 0.3 is 0 Å². The Bertz CT molecular complexity index is 426. The minimum Gasteiger partial charge on any atom is -0.396 e. The van der Waals surface area contributed by atoms with Gasteiger partial charge in [0.1, 0.15) is 5.82 Å². The van der Waals surface area contributed by atoms with Crippen molar-refractivity contribution in [1.82, 2.24) is 15.5 Å². The van der Waals surface area contributed by atoms with Crippen LogP contribution < -0.4 is 10.6 Å². The molecule has 6 nitrogen and oxygen atoms in total. The summed E-state index contributed by atoms with van der Waals surface area (Å²) in [4.78, 5) is 11.6. The number of amides is 1. The van der Waals surface area contributed by atoms with Gasteiger partial charge in [0.05, 0.1) is 0 Å². The first-order chi connectivity index (χ1) is 9.38.